The lowest BCUT2D eigenvalue weighted by Gasteiger charge is -2.36. The first-order valence-electron chi connectivity index (χ1n) is 5.57. The molecule has 3 heterocycles. The Morgan fingerprint density at radius 2 is 2.33 bits per heavy atom. The van der Waals surface area contributed by atoms with Crippen LogP contribution in [0.15, 0.2) is 18.2 Å². The minimum Gasteiger partial charge on any atom is -0.298 e. The van der Waals surface area contributed by atoms with Crippen LogP contribution < -0.4 is 0 Å². The lowest BCUT2D eigenvalue weighted by Crippen LogP contribution is -2.43. The van der Waals surface area contributed by atoms with Crippen LogP contribution in [0.2, 0.25) is 0 Å². The quantitative estimate of drug-likeness (QED) is 0.646. The summed E-state index contributed by atoms with van der Waals surface area (Å²) in [5, 5.41) is 0. The second-order valence-corrected chi connectivity index (χ2v) is 5.09. The van der Waals surface area contributed by atoms with Crippen molar-refractivity contribution in [2.24, 2.45) is 0 Å². The van der Waals surface area contributed by atoms with Crippen molar-refractivity contribution >= 4 is 5.78 Å². The Morgan fingerprint density at radius 3 is 3.07 bits per heavy atom. The molecule has 0 amide bonds. The molecule has 15 heavy (non-hydrogen) atoms. The van der Waals surface area contributed by atoms with E-state index in [1.807, 2.05) is 0 Å². The Kier molecular flexibility index (Phi) is 1.09. The number of carbonyl (C=O) groups is 1. The molecule has 2 nitrogen and oxygen atoms in total. The third-order valence-corrected chi connectivity index (χ3v) is 4.56. The number of nitrogens with zero attached hydrogens (tertiary/aromatic N) is 1. The van der Waals surface area contributed by atoms with Gasteiger partial charge < -0.3 is 0 Å². The molecule has 1 aromatic rings. The molecule has 4 rings (SSSR count). The van der Waals surface area contributed by atoms with Gasteiger partial charge in [-0.2, -0.15) is 0 Å². The molecule has 0 aliphatic carbocycles. The maximum atomic E-state index is 11.6. The molecule has 4 atom stereocenters. The SMILES string of the molecule is CC(=O)C12C[C@@H]3c4c(C)cccc4[C@H]1[N@]32. The number of aryl methyl sites for hydroxylation is 1. The highest BCUT2D eigenvalue weighted by Crippen LogP contribution is 2.77. The van der Waals surface area contributed by atoms with Gasteiger partial charge in [-0.25, -0.2) is 0 Å². The van der Waals surface area contributed by atoms with Gasteiger partial charge in [0.2, 0.25) is 0 Å². The summed E-state index contributed by atoms with van der Waals surface area (Å²) in [6, 6.07) is 7.47. The fraction of sp³-hybridized carbons (Fsp3) is 0.462. The standard InChI is InChI=1S/C13H13NO/c1-7-4-3-5-9-11(7)10-6-13(8(2)15)12(9)14(10)13/h3-5,10,12H,6H2,1-2H3/t10-,12-,13?,14+/m1/s1. The highest BCUT2D eigenvalue weighted by atomic mass is 16.1. The Balaban J connectivity index is 1.91. The summed E-state index contributed by atoms with van der Waals surface area (Å²) in [4.78, 5) is 14.0. The van der Waals surface area contributed by atoms with Crippen LogP contribution in [-0.2, 0) is 4.79 Å². The van der Waals surface area contributed by atoms with Crippen LogP contribution >= 0.6 is 0 Å². The molecule has 3 aliphatic heterocycles. The first-order valence-corrected chi connectivity index (χ1v) is 5.57. The van der Waals surface area contributed by atoms with Crippen LogP contribution in [0.5, 0.6) is 0 Å². The van der Waals surface area contributed by atoms with Crippen molar-refractivity contribution in [3.63, 3.8) is 0 Å². The molecule has 0 aromatic heterocycles. The van der Waals surface area contributed by atoms with Crippen LogP contribution in [0, 0.1) is 6.92 Å². The number of Topliss-reactive ketones (excluding diaryl/α,β-unsaturated/α-hetero) is 1. The summed E-state index contributed by atoms with van der Waals surface area (Å²) in [7, 11) is 0. The van der Waals surface area contributed by atoms with Gasteiger partial charge in [0.1, 0.15) is 5.54 Å². The van der Waals surface area contributed by atoms with Crippen LogP contribution in [-0.4, -0.2) is 16.2 Å². The van der Waals surface area contributed by atoms with Gasteiger partial charge >= 0.3 is 0 Å². The topological polar surface area (TPSA) is 20.1 Å². The van der Waals surface area contributed by atoms with E-state index >= 15 is 0 Å². The Labute approximate surface area is 88.9 Å². The predicted octanol–water partition coefficient (Wildman–Crippen LogP) is 2.14. The number of rotatable bonds is 1. The van der Waals surface area contributed by atoms with Gasteiger partial charge in [-0.15, -0.1) is 0 Å². The largest absolute Gasteiger partial charge is 0.298 e. The molecule has 0 bridgehead atoms. The summed E-state index contributed by atoms with van der Waals surface area (Å²) < 4.78 is 0. The summed E-state index contributed by atoms with van der Waals surface area (Å²) in [6.45, 7) is 3.92. The molecule has 0 radical (unpaired) electrons. The number of carbonyl (C=O) groups excluding carboxylic acids is 1. The summed E-state index contributed by atoms with van der Waals surface area (Å²) >= 11 is 0. The monoisotopic (exact) mass is 199 g/mol. The molecule has 2 saturated heterocycles. The highest BCUT2D eigenvalue weighted by Gasteiger charge is 2.80. The van der Waals surface area contributed by atoms with Gasteiger partial charge in [0, 0.05) is 6.04 Å². The van der Waals surface area contributed by atoms with Crippen molar-refractivity contribution in [3.8, 4) is 0 Å². The lowest BCUT2D eigenvalue weighted by atomic mass is 9.75. The van der Waals surface area contributed by atoms with E-state index in [2.05, 4.69) is 30.0 Å². The van der Waals surface area contributed by atoms with Crippen LogP contribution in [0.25, 0.3) is 0 Å². The summed E-state index contributed by atoms with van der Waals surface area (Å²) in [5.74, 6) is 0.357. The third kappa shape index (κ3) is 0.609. The van der Waals surface area contributed by atoms with E-state index < -0.39 is 0 Å². The van der Waals surface area contributed by atoms with E-state index in [-0.39, 0.29) is 5.54 Å². The van der Waals surface area contributed by atoms with Crippen molar-refractivity contribution in [1.29, 1.82) is 0 Å². The molecule has 76 valence electrons. The van der Waals surface area contributed by atoms with Gasteiger partial charge in [-0.3, -0.25) is 9.69 Å². The Morgan fingerprint density at radius 1 is 1.53 bits per heavy atom. The second kappa shape index (κ2) is 2.03. The smallest absolute Gasteiger partial charge is 0.152 e. The molecule has 2 heteroatoms. The van der Waals surface area contributed by atoms with E-state index in [1.54, 1.807) is 6.92 Å². The van der Waals surface area contributed by atoms with Gasteiger partial charge in [0.05, 0.1) is 6.04 Å². The van der Waals surface area contributed by atoms with E-state index in [0.717, 1.165) is 6.42 Å². The third-order valence-electron chi connectivity index (χ3n) is 4.56. The molecule has 1 unspecified atom stereocenters. The van der Waals surface area contributed by atoms with E-state index in [1.165, 1.54) is 16.7 Å². The number of hydrogen-bond acceptors (Lipinski definition) is 2. The van der Waals surface area contributed by atoms with Crippen molar-refractivity contribution in [2.45, 2.75) is 37.9 Å². The summed E-state index contributed by atoms with van der Waals surface area (Å²) in [5.41, 5.74) is 4.25. The molecule has 1 aromatic carbocycles. The van der Waals surface area contributed by atoms with Crippen LogP contribution in [0.3, 0.4) is 0 Å². The molecule has 2 fully saturated rings. The fourth-order valence-electron chi connectivity index (χ4n) is 3.87. The van der Waals surface area contributed by atoms with Crippen molar-refractivity contribution in [2.75, 3.05) is 0 Å². The van der Waals surface area contributed by atoms with E-state index in [9.17, 15) is 4.79 Å². The molecule has 0 N–H and O–H groups in total. The number of benzene rings is 1. The van der Waals surface area contributed by atoms with Crippen molar-refractivity contribution in [1.82, 2.24) is 4.90 Å². The predicted molar refractivity (Wildman–Crippen MR) is 56.5 cm³/mol. The van der Waals surface area contributed by atoms with Gasteiger partial charge in [-0.05, 0) is 37.0 Å². The average Bonchev–Trinajstić information content (AvgIpc) is 2.59. The average molecular weight is 199 g/mol. The fourth-order valence-corrected chi connectivity index (χ4v) is 3.87. The number of fused-ring (bicyclic) bond motifs is 4. The highest BCUT2D eigenvalue weighted by molar-refractivity contribution is 5.94. The zero-order valence-corrected chi connectivity index (χ0v) is 8.95. The first-order chi connectivity index (χ1) is 7.18. The first kappa shape index (κ1) is 8.05. The summed E-state index contributed by atoms with van der Waals surface area (Å²) in [6.07, 6.45) is 1.06. The van der Waals surface area contributed by atoms with Crippen molar-refractivity contribution < 1.29 is 4.79 Å². The molecule has 3 aliphatic rings. The van der Waals surface area contributed by atoms with Gasteiger partial charge in [0.15, 0.2) is 5.78 Å². The van der Waals surface area contributed by atoms with E-state index in [4.69, 9.17) is 0 Å². The number of ketones is 1. The van der Waals surface area contributed by atoms with Gasteiger partial charge in [-0.1, -0.05) is 18.2 Å². The molecule has 0 saturated carbocycles. The second-order valence-electron chi connectivity index (χ2n) is 5.09. The zero-order valence-electron chi connectivity index (χ0n) is 8.95. The zero-order chi connectivity index (χ0) is 10.4. The molecular formula is C13H13NO. The molecular weight excluding hydrogens is 186 g/mol. The Bertz CT molecular complexity index is 507. The maximum absolute atomic E-state index is 11.6. The van der Waals surface area contributed by atoms with Crippen LogP contribution in [0.4, 0.5) is 0 Å². The lowest BCUT2D eigenvalue weighted by molar-refractivity contribution is -0.124. The van der Waals surface area contributed by atoms with E-state index in [0.29, 0.717) is 17.9 Å². The Hall–Kier alpha value is -1.15. The normalized spacial score (nSPS) is 42.9. The minimum absolute atomic E-state index is 0.0640. The van der Waals surface area contributed by atoms with Crippen LogP contribution in [0.1, 0.15) is 42.1 Å². The molecule has 0 spiro atoms. The maximum Gasteiger partial charge on any atom is 0.152 e. The van der Waals surface area contributed by atoms with Crippen molar-refractivity contribution in [3.05, 3.63) is 34.9 Å². The number of hydrogen-bond donors (Lipinski definition) is 0. The van der Waals surface area contributed by atoms with Gasteiger partial charge in [0.25, 0.3) is 0 Å². The minimum atomic E-state index is -0.0640.